The summed E-state index contributed by atoms with van der Waals surface area (Å²) in [5, 5.41) is 0. The number of hydrogen-bond acceptors (Lipinski definition) is 4. The fourth-order valence-corrected chi connectivity index (χ4v) is 3.50. The van der Waals surface area contributed by atoms with E-state index in [4.69, 9.17) is 10.5 Å². The molecule has 20 heavy (non-hydrogen) atoms. The average Bonchev–Trinajstić information content (AvgIpc) is 2.35. The first-order chi connectivity index (χ1) is 9.11. The predicted molar refractivity (Wildman–Crippen MR) is 80.2 cm³/mol. The van der Waals surface area contributed by atoms with E-state index in [0.717, 1.165) is 5.56 Å². The molecule has 0 saturated carbocycles. The minimum Gasteiger partial charge on any atom is -0.495 e. The highest BCUT2D eigenvalue weighted by Crippen LogP contribution is 2.28. The van der Waals surface area contributed by atoms with Crippen molar-refractivity contribution in [3.63, 3.8) is 0 Å². The van der Waals surface area contributed by atoms with Crippen molar-refractivity contribution in [1.29, 1.82) is 0 Å². The molecule has 114 valence electrons. The number of ether oxygens (including phenoxy) is 1. The van der Waals surface area contributed by atoms with E-state index in [1.165, 1.54) is 11.4 Å². The van der Waals surface area contributed by atoms with Crippen molar-refractivity contribution >= 4 is 10.0 Å². The zero-order valence-corrected chi connectivity index (χ0v) is 13.6. The molecule has 0 aliphatic carbocycles. The summed E-state index contributed by atoms with van der Waals surface area (Å²) in [6.45, 7) is 6.75. The minimum atomic E-state index is -3.57. The van der Waals surface area contributed by atoms with Gasteiger partial charge in [-0.05, 0) is 23.1 Å². The van der Waals surface area contributed by atoms with Gasteiger partial charge in [0.25, 0.3) is 0 Å². The molecule has 0 radical (unpaired) electrons. The molecule has 6 heteroatoms. The van der Waals surface area contributed by atoms with Crippen LogP contribution in [0.3, 0.4) is 0 Å². The minimum absolute atomic E-state index is 0.119. The van der Waals surface area contributed by atoms with Crippen molar-refractivity contribution in [2.75, 3.05) is 20.7 Å². The number of nitrogens with zero attached hydrogens (tertiary/aromatic N) is 1. The van der Waals surface area contributed by atoms with Gasteiger partial charge in [0, 0.05) is 20.1 Å². The maximum absolute atomic E-state index is 12.6. The zero-order valence-electron chi connectivity index (χ0n) is 12.8. The van der Waals surface area contributed by atoms with Crippen LogP contribution in [0.5, 0.6) is 5.75 Å². The molecule has 0 bridgehead atoms. The van der Waals surface area contributed by atoms with Crippen molar-refractivity contribution in [1.82, 2.24) is 4.31 Å². The fourth-order valence-electron chi connectivity index (χ4n) is 1.97. The van der Waals surface area contributed by atoms with E-state index in [1.807, 2.05) is 20.8 Å². The van der Waals surface area contributed by atoms with E-state index in [9.17, 15) is 8.42 Å². The molecule has 5 nitrogen and oxygen atoms in total. The van der Waals surface area contributed by atoms with E-state index in [1.54, 1.807) is 25.2 Å². The van der Waals surface area contributed by atoms with Crippen LogP contribution in [0.4, 0.5) is 0 Å². The Morgan fingerprint density at radius 1 is 1.30 bits per heavy atom. The summed E-state index contributed by atoms with van der Waals surface area (Å²) in [6, 6.07) is 4.92. The largest absolute Gasteiger partial charge is 0.495 e. The van der Waals surface area contributed by atoms with E-state index in [2.05, 4.69) is 0 Å². The number of nitrogens with two attached hydrogens (primary N) is 1. The monoisotopic (exact) mass is 300 g/mol. The first kappa shape index (κ1) is 16.9. The first-order valence-corrected chi connectivity index (χ1v) is 7.89. The Morgan fingerprint density at radius 2 is 1.90 bits per heavy atom. The molecule has 0 saturated heterocycles. The maximum Gasteiger partial charge on any atom is 0.246 e. The number of hydrogen-bond donors (Lipinski definition) is 1. The third-order valence-corrected chi connectivity index (χ3v) is 4.69. The van der Waals surface area contributed by atoms with Gasteiger partial charge in [0.05, 0.1) is 7.11 Å². The van der Waals surface area contributed by atoms with Crippen molar-refractivity contribution in [3.05, 3.63) is 23.8 Å². The molecule has 1 aromatic carbocycles. The highest BCUT2D eigenvalue weighted by molar-refractivity contribution is 7.89. The smallest absolute Gasteiger partial charge is 0.246 e. The van der Waals surface area contributed by atoms with E-state index < -0.39 is 10.0 Å². The van der Waals surface area contributed by atoms with Crippen LogP contribution in [0.25, 0.3) is 0 Å². The van der Waals surface area contributed by atoms with Crippen LogP contribution in [-0.2, 0) is 16.6 Å². The van der Waals surface area contributed by atoms with Crippen LogP contribution in [0.1, 0.15) is 26.3 Å². The molecule has 0 aliphatic rings. The van der Waals surface area contributed by atoms with Crippen molar-refractivity contribution < 1.29 is 13.2 Å². The topological polar surface area (TPSA) is 72.6 Å². The molecule has 0 heterocycles. The zero-order chi connectivity index (χ0) is 15.6. The Morgan fingerprint density at radius 3 is 2.35 bits per heavy atom. The lowest BCUT2D eigenvalue weighted by Crippen LogP contribution is -2.34. The molecule has 1 rings (SSSR count). The first-order valence-electron chi connectivity index (χ1n) is 6.45. The van der Waals surface area contributed by atoms with E-state index in [-0.39, 0.29) is 10.3 Å². The van der Waals surface area contributed by atoms with Gasteiger partial charge < -0.3 is 10.5 Å². The van der Waals surface area contributed by atoms with E-state index in [0.29, 0.717) is 18.8 Å². The summed E-state index contributed by atoms with van der Waals surface area (Å²) in [6.07, 6.45) is 0. The van der Waals surface area contributed by atoms with Gasteiger partial charge in [-0.1, -0.05) is 26.8 Å². The van der Waals surface area contributed by atoms with Crippen LogP contribution in [-0.4, -0.2) is 33.4 Å². The highest BCUT2D eigenvalue weighted by Gasteiger charge is 2.28. The Labute approximate surface area is 121 Å². The van der Waals surface area contributed by atoms with Crippen LogP contribution in [0, 0.1) is 5.41 Å². The van der Waals surface area contributed by atoms with Gasteiger partial charge in [-0.15, -0.1) is 0 Å². The second-order valence-corrected chi connectivity index (χ2v) is 8.02. The molecule has 1 aromatic rings. The number of rotatable bonds is 5. The summed E-state index contributed by atoms with van der Waals surface area (Å²) < 4.78 is 31.8. The average molecular weight is 300 g/mol. The predicted octanol–water partition coefficient (Wildman–Crippen LogP) is 1.82. The van der Waals surface area contributed by atoms with E-state index >= 15 is 0 Å². The number of sulfonamides is 1. The summed E-state index contributed by atoms with van der Waals surface area (Å²) in [5.41, 5.74) is 6.27. The third kappa shape index (κ3) is 3.94. The Kier molecular flexibility index (Phi) is 5.18. The van der Waals surface area contributed by atoms with Crippen LogP contribution < -0.4 is 10.5 Å². The second-order valence-electron chi connectivity index (χ2n) is 6.01. The lowest BCUT2D eigenvalue weighted by atomic mass is 9.97. The van der Waals surface area contributed by atoms with Gasteiger partial charge >= 0.3 is 0 Å². The standard InChI is InChI=1S/C14H24N2O3S/c1-14(2,3)10-16(4)20(17,18)13-7-6-11(9-15)8-12(13)19-5/h6-8H,9-10,15H2,1-5H3. The molecule has 0 atom stereocenters. The van der Waals surface area contributed by atoms with Crippen molar-refractivity contribution in [2.45, 2.75) is 32.2 Å². The Bertz CT molecular complexity index is 562. The Hall–Kier alpha value is -1.11. The molecule has 0 aromatic heterocycles. The molecule has 0 spiro atoms. The van der Waals surface area contributed by atoms with Crippen LogP contribution >= 0.6 is 0 Å². The molecular weight excluding hydrogens is 276 g/mol. The van der Waals surface area contributed by atoms with Crippen LogP contribution in [0.2, 0.25) is 0 Å². The maximum atomic E-state index is 12.6. The molecular formula is C14H24N2O3S. The number of methoxy groups -OCH3 is 1. The Balaban J connectivity index is 3.21. The normalized spacial score (nSPS) is 12.8. The van der Waals surface area contributed by atoms with Gasteiger partial charge in [0.15, 0.2) is 0 Å². The summed E-state index contributed by atoms with van der Waals surface area (Å²) in [5.74, 6) is 0.328. The van der Waals surface area contributed by atoms with Gasteiger partial charge in [-0.2, -0.15) is 0 Å². The lowest BCUT2D eigenvalue weighted by Gasteiger charge is -2.26. The van der Waals surface area contributed by atoms with Gasteiger partial charge in [0.1, 0.15) is 10.6 Å². The second kappa shape index (κ2) is 6.11. The van der Waals surface area contributed by atoms with Gasteiger partial charge in [0.2, 0.25) is 10.0 Å². The molecule has 2 N–H and O–H groups in total. The van der Waals surface area contributed by atoms with Gasteiger partial charge in [-0.25, -0.2) is 12.7 Å². The van der Waals surface area contributed by atoms with Crippen LogP contribution in [0.15, 0.2) is 23.1 Å². The SMILES string of the molecule is COc1cc(CN)ccc1S(=O)(=O)N(C)CC(C)(C)C. The fraction of sp³-hybridized carbons (Fsp3) is 0.571. The molecule has 0 amide bonds. The van der Waals surface area contributed by atoms with Crippen molar-refractivity contribution in [3.8, 4) is 5.75 Å². The quantitative estimate of drug-likeness (QED) is 0.900. The highest BCUT2D eigenvalue weighted by atomic mass is 32.2. The summed E-state index contributed by atoms with van der Waals surface area (Å²) in [7, 11) is -0.535. The lowest BCUT2D eigenvalue weighted by molar-refractivity contribution is 0.309. The van der Waals surface area contributed by atoms with Crippen molar-refractivity contribution in [2.24, 2.45) is 11.1 Å². The summed E-state index contributed by atoms with van der Waals surface area (Å²) >= 11 is 0. The molecule has 0 unspecified atom stereocenters. The van der Waals surface area contributed by atoms with Gasteiger partial charge in [-0.3, -0.25) is 0 Å². The summed E-state index contributed by atoms with van der Waals surface area (Å²) in [4.78, 5) is 0.170. The number of benzene rings is 1. The third-order valence-electron chi connectivity index (χ3n) is 2.85. The molecule has 0 fully saturated rings. The molecule has 0 aliphatic heterocycles.